The molecule has 0 bridgehead atoms. The standard InChI is InChI=1S/C18H18N4O5/c1-26-14-4-3-11(8-15(14)27-2)17-13(7-12(9-19)18(20)25)10-22(21-17)6-5-16(23)24/h3-4,7-8,10H,5-6H2,1-2H3,(H2,20,25)(H,23,24)/b12-7+. The first kappa shape index (κ1) is 19.5. The van der Waals surface area contributed by atoms with Crippen LogP contribution in [0.1, 0.15) is 12.0 Å². The molecule has 0 radical (unpaired) electrons. The highest BCUT2D eigenvalue weighted by atomic mass is 16.5. The van der Waals surface area contributed by atoms with Gasteiger partial charge in [0.1, 0.15) is 11.6 Å². The first-order valence-electron chi connectivity index (χ1n) is 7.82. The van der Waals surface area contributed by atoms with Gasteiger partial charge < -0.3 is 20.3 Å². The van der Waals surface area contributed by atoms with Crippen molar-refractivity contribution in [1.82, 2.24) is 9.78 Å². The third-order valence-electron chi connectivity index (χ3n) is 3.69. The van der Waals surface area contributed by atoms with Crippen LogP contribution in [0.15, 0.2) is 30.0 Å². The van der Waals surface area contributed by atoms with E-state index in [9.17, 15) is 9.59 Å². The Balaban J connectivity index is 2.57. The third-order valence-corrected chi connectivity index (χ3v) is 3.69. The molecule has 140 valence electrons. The van der Waals surface area contributed by atoms with Crippen molar-refractivity contribution < 1.29 is 24.2 Å². The lowest BCUT2D eigenvalue weighted by Crippen LogP contribution is -2.12. The number of nitrogens with zero attached hydrogens (tertiary/aromatic N) is 3. The Labute approximate surface area is 155 Å². The number of hydrogen-bond acceptors (Lipinski definition) is 6. The van der Waals surface area contributed by atoms with E-state index in [0.29, 0.717) is 28.3 Å². The fourth-order valence-electron chi connectivity index (χ4n) is 2.39. The third kappa shape index (κ3) is 4.64. The number of carbonyl (C=O) groups excluding carboxylic acids is 1. The number of carbonyl (C=O) groups is 2. The monoisotopic (exact) mass is 370 g/mol. The van der Waals surface area contributed by atoms with Crippen molar-refractivity contribution in [2.75, 3.05) is 14.2 Å². The zero-order valence-corrected chi connectivity index (χ0v) is 14.8. The van der Waals surface area contributed by atoms with Crippen LogP contribution in [0.2, 0.25) is 0 Å². The molecule has 2 aromatic rings. The number of primary amides is 1. The molecule has 0 aliphatic carbocycles. The minimum Gasteiger partial charge on any atom is -0.493 e. The topological polar surface area (TPSA) is 140 Å². The molecule has 9 nitrogen and oxygen atoms in total. The van der Waals surface area contributed by atoms with E-state index in [1.54, 1.807) is 30.5 Å². The zero-order chi connectivity index (χ0) is 20.0. The van der Waals surface area contributed by atoms with Crippen LogP contribution in [-0.2, 0) is 16.1 Å². The number of nitriles is 1. The van der Waals surface area contributed by atoms with Gasteiger partial charge in [-0.2, -0.15) is 10.4 Å². The number of rotatable bonds is 8. The van der Waals surface area contributed by atoms with Gasteiger partial charge in [0.25, 0.3) is 5.91 Å². The summed E-state index contributed by atoms with van der Waals surface area (Å²) in [5.41, 5.74) is 6.48. The van der Waals surface area contributed by atoms with Gasteiger partial charge in [-0.15, -0.1) is 0 Å². The number of aryl methyl sites for hydroxylation is 1. The summed E-state index contributed by atoms with van der Waals surface area (Å²) in [4.78, 5) is 22.2. The molecule has 1 amide bonds. The average Bonchev–Trinajstić information content (AvgIpc) is 3.06. The Morgan fingerprint density at radius 3 is 2.59 bits per heavy atom. The van der Waals surface area contributed by atoms with Crippen molar-refractivity contribution in [3.63, 3.8) is 0 Å². The molecule has 1 aromatic carbocycles. The van der Waals surface area contributed by atoms with Gasteiger partial charge in [0, 0.05) is 17.3 Å². The molecule has 0 aliphatic rings. The number of ether oxygens (including phenoxy) is 2. The van der Waals surface area contributed by atoms with E-state index < -0.39 is 11.9 Å². The van der Waals surface area contributed by atoms with Gasteiger partial charge >= 0.3 is 5.97 Å². The normalized spacial score (nSPS) is 10.9. The van der Waals surface area contributed by atoms with Gasteiger partial charge in [-0.3, -0.25) is 14.3 Å². The Kier molecular flexibility index (Phi) is 6.17. The van der Waals surface area contributed by atoms with Crippen LogP contribution >= 0.6 is 0 Å². The largest absolute Gasteiger partial charge is 0.493 e. The van der Waals surface area contributed by atoms with Crippen molar-refractivity contribution in [3.05, 3.63) is 35.5 Å². The van der Waals surface area contributed by atoms with Crippen LogP contribution in [0.5, 0.6) is 11.5 Å². The van der Waals surface area contributed by atoms with Gasteiger partial charge in [0.2, 0.25) is 0 Å². The predicted molar refractivity (Wildman–Crippen MR) is 95.8 cm³/mol. The Hall–Kier alpha value is -3.80. The van der Waals surface area contributed by atoms with Gasteiger partial charge in [0.05, 0.1) is 32.9 Å². The van der Waals surface area contributed by atoms with E-state index in [-0.39, 0.29) is 18.5 Å². The maximum absolute atomic E-state index is 11.4. The van der Waals surface area contributed by atoms with Crippen LogP contribution < -0.4 is 15.2 Å². The Morgan fingerprint density at radius 1 is 1.33 bits per heavy atom. The molecule has 0 atom stereocenters. The fourth-order valence-corrected chi connectivity index (χ4v) is 2.39. The summed E-state index contributed by atoms with van der Waals surface area (Å²) in [5, 5.41) is 22.3. The molecule has 1 heterocycles. The number of carboxylic acid groups (broad SMARTS) is 1. The van der Waals surface area contributed by atoms with Crippen molar-refractivity contribution in [2.24, 2.45) is 5.73 Å². The SMILES string of the molecule is COc1ccc(-c2nn(CCC(=O)O)cc2/C=C(\C#N)C(N)=O)cc1OC. The fraction of sp³-hybridized carbons (Fsp3) is 0.222. The first-order valence-corrected chi connectivity index (χ1v) is 7.82. The number of amides is 1. The average molecular weight is 370 g/mol. The number of methoxy groups -OCH3 is 2. The van der Waals surface area contributed by atoms with Crippen molar-refractivity contribution in [2.45, 2.75) is 13.0 Å². The van der Waals surface area contributed by atoms with Gasteiger partial charge in [-0.1, -0.05) is 0 Å². The number of aliphatic carboxylic acids is 1. The molecule has 9 heteroatoms. The van der Waals surface area contributed by atoms with Crippen LogP contribution in [0.3, 0.4) is 0 Å². The van der Waals surface area contributed by atoms with E-state index in [2.05, 4.69) is 5.10 Å². The van der Waals surface area contributed by atoms with Gasteiger partial charge in [0.15, 0.2) is 11.5 Å². The number of aromatic nitrogens is 2. The molecular weight excluding hydrogens is 352 g/mol. The second-order valence-electron chi connectivity index (χ2n) is 5.44. The maximum Gasteiger partial charge on any atom is 0.305 e. The van der Waals surface area contributed by atoms with Crippen LogP contribution in [0.25, 0.3) is 17.3 Å². The van der Waals surface area contributed by atoms with Crippen LogP contribution in [0.4, 0.5) is 0 Å². The van der Waals surface area contributed by atoms with Gasteiger partial charge in [-0.05, 0) is 24.3 Å². The van der Waals surface area contributed by atoms with Gasteiger partial charge in [-0.25, -0.2) is 0 Å². The minimum atomic E-state index is -0.967. The zero-order valence-electron chi connectivity index (χ0n) is 14.8. The van der Waals surface area contributed by atoms with E-state index in [0.717, 1.165) is 0 Å². The summed E-state index contributed by atoms with van der Waals surface area (Å²) in [5.74, 6) is -0.835. The van der Waals surface area contributed by atoms with Crippen molar-refractivity contribution >= 4 is 18.0 Å². The Morgan fingerprint density at radius 2 is 2.04 bits per heavy atom. The molecule has 1 aromatic heterocycles. The number of nitrogens with two attached hydrogens (primary N) is 1. The lowest BCUT2D eigenvalue weighted by molar-refractivity contribution is -0.137. The van der Waals surface area contributed by atoms with E-state index in [1.807, 2.05) is 0 Å². The quantitative estimate of drug-likeness (QED) is 0.529. The second kappa shape index (κ2) is 8.53. The minimum absolute atomic E-state index is 0.127. The summed E-state index contributed by atoms with van der Waals surface area (Å²) in [6.07, 6.45) is 2.74. The predicted octanol–water partition coefficient (Wildman–Crippen LogP) is 1.43. The molecular formula is C18H18N4O5. The molecule has 0 spiro atoms. The highest BCUT2D eigenvalue weighted by Gasteiger charge is 2.15. The first-order chi connectivity index (χ1) is 12.9. The lowest BCUT2D eigenvalue weighted by atomic mass is 10.1. The summed E-state index contributed by atoms with van der Waals surface area (Å²) < 4.78 is 11.9. The van der Waals surface area contributed by atoms with Crippen LogP contribution in [-0.4, -0.2) is 41.0 Å². The van der Waals surface area contributed by atoms with Crippen molar-refractivity contribution in [1.29, 1.82) is 5.26 Å². The number of benzene rings is 1. The van der Waals surface area contributed by atoms with E-state index in [1.165, 1.54) is 25.0 Å². The van der Waals surface area contributed by atoms with E-state index in [4.69, 9.17) is 25.6 Å². The summed E-state index contributed by atoms with van der Waals surface area (Å²) >= 11 is 0. The summed E-state index contributed by atoms with van der Waals surface area (Å²) in [6.45, 7) is 0.127. The molecule has 0 aliphatic heterocycles. The molecule has 0 unspecified atom stereocenters. The number of hydrogen-bond donors (Lipinski definition) is 2. The molecule has 27 heavy (non-hydrogen) atoms. The van der Waals surface area contributed by atoms with Crippen LogP contribution in [0, 0.1) is 11.3 Å². The second-order valence-corrected chi connectivity index (χ2v) is 5.44. The lowest BCUT2D eigenvalue weighted by Gasteiger charge is -2.09. The summed E-state index contributed by atoms with van der Waals surface area (Å²) in [7, 11) is 3.01. The molecule has 0 fully saturated rings. The highest BCUT2D eigenvalue weighted by molar-refractivity contribution is 6.01. The molecule has 3 N–H and O–H groups in total. The Bertz CT molecular complexity index is 940. The molecule has 2 rings (SSSR count). The maximum atomic E-state index is 11.4. The van der Waals surface area contributed by atoms with Crippen molar-refractivity contribution in [3.8, 4) is 28.8 Å². The molecule has 0 saturated carbocycles. The summed E-state index contributed by atoms with van der Waals surface area (Å²) in [6, 6.07) is 6.86. The molecule has 0 saturated heterocycles. The van der Waals surface area contributed by atoms with E-state index >= 15 is 0 Å². The number of carboxylic acids is 1. The smallest absolute Gasteiger partial charge is 0.305 e. The highest BCUT2D eigenvalue weighted by Crippen LogP contribution is 2.33.